The Morgan fingerprint density at radius 1 is 0.377 bits per heavy atom. The van der Waals surface area contributed by atoms with Crippen LogP contribution in [-0.4, -0.2) is 0 Å². The Labute approximate surface area is 312 Å². The Hall–Kier alpha value is -6.18. The van der Waals surface area contributed by atoms with Crippen molar-refractivity contribution in [1.82, 2.24) is 0 Å². The van der Waals surface area contributed by atoms with Gasteiger partial charge in [0.25, 0.3) is 0 Å². The second kappa shape index (κ2) is 11.7. The average molecular weight is 680 g/mol. The molecule has 0 atom stereocenters. The summed E-state index contributed by atoms with van der Waals surface area (Å²) in [5.74, 6) is 0. The largest absolute Gasteiger partial charge is 0.311 e. The monoisotopic (exact) mass is 679 g/mol. The second-order valence-electron chi connectivity index (χ2n) is 15.8. The molecule has 0 radical (unpaired) electrons. The fraction of sp³-hybridized carbons (Fsp3) is 0.115. The summed E-state index contributed by atoms with van der Waals surface area (Å²) < 4.78 is 0. The topological polar surface area (TPSA) is 3.24 Å². The van der Waals surface area contributed by atoms with E-state index in [-0.39, 0.29) is 10.8 Å². The van der Waals surface area contributed by atoms with Gasteiger partial charge in [0.1, 0.15) is 0 Å². The van der Waals surface area contributed by atoms with Crippen molar-refractivity contribution in [3.05, 3.63) is 197 Å². The number of hydrogen-bond donors (Lipinski definition) is 0. The number of benzene rings is 8. The first-order valence-corrected chi connectivity index (χ1v) is 18.8. The van der Waals surface area contributed by atoms with E-state index < -0.39 is 0 Å². The molecule has 0 saturated carbocycles. The molecule has 1 heteroatoms. The Morgan fingerprint density at radius 2 is 0.925 bits per heavy atom. The average Bonchev–Trinajstić information content (AvgIpc) is 3.57. The Bertz CT molecular complexity index is 2710. The lowest BCUT2D eigenvalue weighted by atomic mass is 9.81. The Balaban J connectivity index is 0.949. The fourth-order valence-electron chi connectivity index (χ4n) is 9.16. The molecule has 0 unspecified atom stereocenters. The van der Waals surface area contributed by atoms with E-state index in [1.807, 2.05) is 0 Å². The first-order valence-electron chi connectivity index (χ1n) is 18.8. The summed E-state index contributed by atoms with van der Waals surface area (Å²) in [6.07, 6.45) is 4.59. The molecule has 10 rings (SSSR count). The van der Waals surface area contributed by atoms with E-state index in [0.717, 1.165) is 17.1 Å². The summed E-state index contributed by atoms with van der Waals surface area (Å²) in [4.78, 5) is 2.31. The maximum absolute atomic E-state index is 2.42. The van der Waals surface area contributed by atoms with Crippen molar-refractivity contribution in [3.63, 3.8) is 0 Å². The van der Waals surface area contributed by atoms with Crippen LogP contribution in [0.5, 0.6) is 0 Å². The molecule has 2 aliphatic rings. The molecule has 0 N–H and O–H groups in total. The predicted octanol–water partition coefficient (Wildman–Crippen LogP) is 14.2. The summed E-state index contributed by atoms with van der Waals surface area (Å²) >= 11 is 0. The molecule has 254 valence electrons. The lowest BCUT2D eigenvalue weighted by molar-refractivity contribution is 0.660. The van der Waals surface area contributed by atoms with Crippen molar-refractivity contribution in [2.75, 3.05) is 4.90 Å². The van der Waals surface area contributed by atoms with Gasteiger partial charge in [-0.05, 0) is 126 Å². The molecule has 8 aromatic carbocycles. The number of anilines is 3. The van der Waals surface area contributed by atoms with E-state index in [9.17, 15) is 0 Å². The van der Waals surface area contributed by atoms with Crippen LogP contribution in [0.4, 0.5) is 17.1 Å². The van der Waals surface area contributed by atoms with Gasteiger partial charge in [0.2, 0.25) is 0 Å². The molecule has 53 heavy (non-hydrogen) atoms. The van der Waals surface area contributed by atoms with Gasteiger partial charge < -0.3 is 4.90 Å². The highest BCUT2D eigenvalue weighted by Crippen LogP contribution is 2.51. The van der Waals surface area contributed by atoms with Gasteiger partial charge in [0.15, 0.2) is 0 Å². The number of para-hydroxylation sites is 2. The van der Waals surface area contributed by atoms with Gasteiger partial charge in [-0.15, -0.1) is 0 Å². The smallest absolute Gasteiger partial charge is 0.0462 e. The lowest BCUT2D eigenvalue weighted by Crippen LogP contribution is -2.15. The minimum absolute atomic E-state index is 0.0137. The van der Waals surface area contributed by atoms with Gasteiger partial charge in [-0.25, -0.2) is 0 Å². The molecule has 0 spiro atoms. The number of fused-ring (bicyclic) bond motifs is 3. The van der Waals surface area contributed by atoms with Gasteiger partial charge in [-0.3, -0.25) is 0 Å². The minimum atomic E-state index is -0.113. The van der Waals surface area contributed by atoms with Crippen LogP contribution in [-0.2, 0) is 10.8 Å². The van der Waals surface area contributed by atoms with Crippen LogP contribution in [0.1, 0.15) is 61.1 Å². The molecule has 0 saturated heterocycles. The predicted molar refractivity (Wildman–Crippen MR) is 227 cm³/mol. The van der Waals surface area contributed by atoms with Crippen molar-refractivity contribution in [2.24, 2.45) is 0 Å². The van der Waals surface area contributed by atoms with Crippen LogP contribution in [0.3, 0.4) is 0 Å². The summed E-state index contributed by atoms with van der Waals surface area (Å²) in [7, 11) is 0. The molecule has 0 aliphatic heterocycles. The molecule has 2 aliphatic carbocycles. The molecule has 1 nitrogen and oxygen atoms in total. The molecule has 8 aromatic rings. The van der Waals surface area contributed by atoms with Gasteiger partial charge in [-0.1, -0.05) is 155 Å². The molecule has 0 fully saturated rings. The quantitative estimate of drug-likeness (QED) is 0.125. The summed E-state index contributed by atoms with van der Waals surface area (Å²) in [5, 5.41) is 5.52. The zero-order chi connectivity index (χ0) is 35.9. The van der Waals surface area contributed by atoms with Crippen molar-refractivity contribution >= 4 is 50.8 Å². The second-order valence-corrected chi connectivity index (χ2v) is 15.8. The third-order valence-electron chi connectivity index (χ3n) is 12.0. The van der Waals surface area contributed by atoms with Crippen molar-refractivity contribution in [3.8, 4) is 22.3 Å². The molecular weight excluding hydrogens is 639 g/mol. The summed E-state index contributed by atoms with van der Waals surface area (Å²) in [5.41, 5.74) is 16.6. The summed E-state index contributed by atoms with van der Waals surface area (Å²) in [6.45, 7) is 9.49. The van der Waals surface area contributed by atoms with Gasteiger partial charge in [0, 0.05) is 27.9 Å². The van der Waals surface area contributed by atoms with Crippen molar-refractivity contribution < 1.29 is 0 Å². The van der Waals surface area contributed by atoms with E-state index in [0.29, 0.717) is 0 Å². The number of nitrogens with zero attached hydrogens (tertiary/aromatic N) is 1. The molecular formula is C52H41N. The van der Waals surface area contributed by atoms with Gasteiger partial charge >= 0.3 is 0 Å². The first kappa shape index (κ1) is 31.5. The maximum atomic E-state index is 2.42. The molecule has 0 aromatic heterocycles. The van der Waals surface area contributed by atoms with Crippen molar-refractivity contribution in [2.45, 2.75) is 38.5 Å². The minimum Gasteiger partial charge on any atom is -0.311 e. The lowest BCUT2D eigenvalue weighted by Gasteiger charge is -2.25. The fourth-order valence-corrected chi connectivity index (χ4v) is 9.16. The Kier molecular flexibility index (Phi) is 6.94. The molecule has 0 heterocycles. The Morgan fingerprint density at radius 3 is 1.64 bits per heavy atom. The SMILES string of the molecule is CC1(C)c2cc(/C=C/c3cc4c5c(ccc6cccc(c65)C4(C)C)c3)ccc2-c2ccc(-c3ccc(N(c4ccccc4)c4ccccc4)cc3)cc21. The van der Waals surface area contributed by atoms with E-state index in [1.54, 1.807) is 0 Å². The third kappa shape index (κ3) is 4.91. The number of rotatable bonds is 6. The maximum Gasteiger partial charge on any atom is 0.0462 e. The standard InChI is InChI=1S/C52H41N/c1-51(2)45-17-11-12-37-21-22-39-30-35(32-48(51)50(39)49(37)45)19-18-34-20-28-43-44-29-25-38(33-47(44)52(3,4)46(43)31-34)36-23-26-42(27-24-36)53(40-13-7-5-8-14-40)41-15-9-6-10-16-41/h5-33H,1-4H3/b19-18+. The van der Waals surface area contributed by atoms with Crippen LogP contribution in [0.2, 0.25) is 0 Å². The van der Waals surface area contributed by atoms with E-state index in [4.69, 9.17) is 0 Å². The van der Waals surface area contributed by atoms with Crippen molar-refractivity contribution in [1.29, 1.82) is 0 Å². The number of hydrogen-bond acceptors (Lipinski definition) is 1. The highest BCUT2D eigenvalue weighted by atomic mass is 15.1. The van der Waals surface area contributed by atoms with Crippen LogP contribution in [0.25, 0.3) is 56.0 Å². The zero-order valence-electron chi connectivity index (χ0n) is 30.7. The highest BCUT2D eigenvalue weighted by Gasteiger charge is 2.36. The molecule has 0 amide bonds. The van der Waals surface area contributed by atoms with E-state index >= 15 is 0 Å². The van der Waals surface area contributed by atoms with Gasteiger partial charge in [-0.2, -0.15) is 0 Å². The normalized spacial score (nSPS) is 14.6. The third-order valence-corrected chi connectivity index (χ3v) is 12.0. The first-order chi connectivity index (χ1) is 25.8. The van der Waals surface area contributed by atoms with Crippen LogP contribution < -0.4 is 4.90 Å². The van der Waals surface area contributed by atoms with E-state index in [1.165, 1.54) is 77.2 Å². The molecule has 0 bridgehead atoms. The van der Waals surface area contributed by atoms with Crippen LogP contribution >= 0.6 is 0 Å². The summed E-state index contributed by atoms with van der Waals surface area (Å²) in [6, 6.07) is 60.3. The van der Waals surface area contributed by atoms with Gasteiger partial charge in [0.05, 0.1) is 0 Å². The van der Waals surface area contributed by atoms with Crippen LogP contribution in [0, 0.1) is 0 Å². The van der Waals surface area contributed by atoms with E-state index in [2.05, 4.69) is 209 Å². The highest BCUT2D eigenvalue weighted by molar-refractivity contribution is 6.15. The zero-order valence-corrected chi connectivity index (χ0v) is 30.7. The van der Waals surface area contributed by atoms with Crippen LogP contribution in [0.15, 0.2) is 164 Å².